The van der Waals surface area contributed by atoms with Crippen LogP contribution in [0.25, 0.3) is 0 Å². The summed E-state index contributed by atoms with van der Waals surface area (Å²) in [4.78, 5) is 14.6. The van der Waals surface area contributed by atoms with Crippen molar-refractivity contribution in [2.75, 3.05) is 0 Å². The van der Waals surface area contributed by atoms with Crippen molar-refractivity contribution in [3.63, 3.8) is 0 Å². The minimum Gasteiger partial charge on any atom is -0.342 e. The van der Waals surface area contributed by atoms with Gasteiger partial charge in [0.2, 0.25) is 0 Å². The lowest BCUT2D eigenvalue weighted by Gasteiger charge is -2.21. The molecule has 0 saturated heterocycles. The Balaban J connectivity index is 2.12. The van der Waals surface area contributed by atoms with Crippen LogP contribution in [0.2, 0.25) is 0 Å². The number of carbonyl (C=O) groups is 1. The van der Waals surface area contributed by atoms with Crippen LogP contribution in [0.4, 0.5) is 0 Å². The van der Waals surface area contributed by atoms with E-state index in [1.807, 2.05) is 6.07 Å². The molecule has 2 N–H and O–H groups in total. The molecule has 1 fully saturated rings. The minimum absolute atomic E-state index is 0.322. The van der Waals surface area contributed by atoms with E-state index in [2.05, 4.69) is 16.4 Å². The molecule has 0 atom stereocenters. The Morgan fingerprint density at radius 3 is 2.59 bits per heavy atom. The third-order valence-corrected chi connectivity index (χ3v) is 3.08. The van der Waals surface area contributed by atoms with E-state index in [1.54, 1.807) is 12.1 Å². The number of nitrogens with zero attached hydrogens (tertiary/aromatic N) is 2. The van der Waals surface area contributed by atoms with E-state index in [-0.39, 0.29) is 5.91 Å². The number of aromatic amines is 1. The first-order valence-corrected chi connectivity index (χ1v) is 5.52. The molecule has 86 valence electrons. The second-order valence-corrected chi connectivity index (χ2v) is 4.25. The molecule has 5 heteroatoms. The number of hydrogen-bond acceptors (Lipinski definition) is 3. The van der Waals surface area contributed by atoms with E-state index in [0.29, 0.717) is 24.2 Å². The summed E-state index contributed by atoms with van der Waals surface area (Å²) in [6, 6.07) is 7.20. The van der Waals surface area contributed by atoms with Gasteiger partial charge in [0.15, 0.2) is 0 Å². The lowest BCUT2D eigenvalue weighted by molar-refractivity contribution is 0.0916. The Kier molecular flexibility index (Phi) is 2.84. The summed E-state index contributed by atoms with van der Waals surface area (Å²) in [6.07, 6.45) is 3.31. The van der Waals surface area contributed by atoms with Gasteiger partial charge < -0.3 is 10.3 Å². The molecule has 1 saturated carbocycles. The van der Waals surface area contributed by atoms with E-state index >= 15 is 0 Å². The van der Waals surface area contributed by atoms with Crippen LogP contribution in [-0.4, -0.2) is 16.4 Å². The summed E-state index contributed by atoms with van der Waals surface area (Å²) >= 11 is 0. The molecule has 1 aliphatic rings. The molecule has 1 amide bonds. The number of amides is 1. The molecule has 1 aliphatic carbocycles. The molecule has 0 radical (unpaired) electrons. The van der Waals surface area contributed by atoms with E-state index in [0.717, 1.165) is 12.8 Å². The van der Waals surface area contributed by atoms with Crippen molar-refractivity contribution in [2.45, 2.75) is 31.2 Å². The van der Waals surface area contributed by atoms with Crippen LogP contribution >= 0.6 is 0 Å². The molecule has 0 aliphatic heterocycles. The Morgan fingerprint density at radius 1 is 1.35 bits per heavy atom. The predicted molar refractivity (Wildman–Crippen MR) is 59.8 cm³/mol. The maximum absolute atomic E-state index is 11.9. The summed E-state index contributed by atoms with van der Waals surface area (Å²) in [5.41, 5.74) is -0.0645. The van der Waals surface area contributed by atoms with Gasteiger partial charge in [-0.1, -0.05) is 0 Å². The maximum atomic E-state index is 11.9. The topological polar surface area (TPSA) is 92.5 Å². The molecule has 0 aromatic carbocycles. The van der Waals surface area contributed by atoms with Gasteiger partial charge in [0, 0.05) is 0 Å². The average Bonchev–Trinajstić information content (AvgIpc) is 2.97. The number of nitrogens with one attached hydrogen (secondary N) is 2. The fourth-order valence-corrected chi connectivity index (χ4v) is 2.12. The van der Waals surface area contributed by atoms with Crippen molar-refractivity contribution >= 4 is 5.91 Å². The summed E-state index contributed by atoms with van der Waals surface area (Å²) in [5, 5.41) is 20.5. The highest BCUT2D eigenvalue weighted by molar-refractivity contribution is 5.93. The van der Waals surface area contributed by atoms with E-state index in [1.165, 1.54) is 0 Å². The van der Waals surface area contributed by atoms with Gasteiger partial charge in [0.05, 0.1) is 6.07 Å². The van der Waals surface area contributed by atoms with Crippen molar-refractivity contribution in [3.8, 4) is 12.1 Å². The van der Waals surface area contributed by atoms with Gasteiger partial charge in [0.1, 0.15) is 23.0 Å². The number of aromatic nitrogens is 1. The van der Waals surface area contributed by atoms with Crippen molar-refractivity contribution in [3.05, 3.63) is 23.5 Å². The van der Waals surface area contributed by atoms with Crippen LogP contribution in [0.15, 0.2) is 12.1 Å². The number of H-pyrrole nitrogens is 1. The zero-order valence-corrected chi connectivity index (χ0v) is 9.29. The molecule has 0 unspecified atom stereocenters. The fraction of sp³-hybridized carbons (Fsp3) is 0.417. The lowest BCUT2D eigenvalue weighted by Crippen LogP contribution is -2.45. The van der Waals surface area contributed by atoms with Gasteiger partial charge in [-0.3, -0.25) is 4.79 Å². The summed E-state index contributed by atoms with van der Waals surface area (Å²) in [6.45, 7) is 0. The standard InChI is InChI=1S/C12H12N4O/c13-7-9-3-4-10(15-9)11(17)16-12(8-14)5-1-2-6-12/h3-4,15H,1-2,5-6H2,(H,16,17). The van der Waals surface area contributed by atoms with Crippen molar-refractivity contribution < 1.29 is 4.79 Å². The highest BCUT2D eigenvalue weighted by Crippen LogP contribution is 2.29. The van der Waals surface area contributed by atoms with Gasteiger partial charge in [-0.25, -0.2) is 0 Å². The van der Waals surface area contributed by atoms with Gasteiger partial charge >= 0.3 is 0 Å². The molecule has 5 nitrogen and oxygen atoms in total. The van der Waals surface area contributed by atoms with Gasteiger partial charge in [-0.15, -0.1) is 0 Å². The molecule has 17 heavy (non-hydrogen) atoms. The van der Waals surface area contributed by atoms with Gasteiger partial charge in [-0.2, -0.15) is 10.5 Å². The Labute approximate surface area is 99.1 Å². The van der Waals surface area contributed by atoms with Crippen molar-refractivity contribution in [1.29, 1.82) is 10.5 Å². The monoisotopic (exact) mass is 228 g/mol. The smallest absolute Gasteiger partial charge is 0.268 e. The third-order valence-electron chi connectivity index (χ3n) is 3.08. The molecule has 1 heterocycles. The normalized spacial score (nSPS) is 17.1. The zero-order chi connectivity index (χ0) is 12.3. The number of carbonyl (C=O) groups excluding carboxylic acids is 1. The second kappa shape index (κ2) is 4.31. The van der Waals surface area contributed by atoms with Crippen molar-refractivity contribution in [1.82, 2.24) is 10.3 Å². The number of hydrogen-bond donors (Lipinski definition) is 2. The lowest BCUT2D eigenvalue weighted by atomic mass is 10.00. The summed E-state index contributed by atoms with van der Waals surface area (Å²) in [5.74, 6) is -0.324. The second-order valence-electron chi connectivity index (χ2n) is 4.25. The molecule has 1 aromatic heterocycles. The first-order chi connectivity index (χ1) is 8.19. The Bertz CT molecular complexity index is 511. The average molecular weight is 228 g/mol. The van der Waals surface area contributed by atoms with Crippen LogP contribution in [0.1, 0.15) is 41.9 Å². The zero-order valence-electron chi connectivity index (χ0n) is 9.29. The van der Waals surface area contributed by atoms with Crippen LogP contribution in [-0.2, 0) is 0 Å². The predicted octanol–water partition coefficient (Wildman–Crippen LogP) is 1.45. The Hall–Kier alpha value is -2.27. The van der Waals surface area contributed by atoms with E-state index in [4.69, 9.17) is 10.5 Å². The molecular weight excluding hydrogens is 216 g/mol. The number of nitriles is 2. The summed E-state index contributed by atoms with van der Waals surface area (Å²) in [7, 11) is 0. The molecular formula is C12H12N4O. The molecule has 1 aromatic rings. The highest BCUT2D eigenvalue weighted by Gasteiger charge is 2.35. The van der Waals surface area contributed by atoms with Crippen LogP contribution in [0, 0.1) is 22.7 Å². The van der Waals surface area contributed by atoms with Crippen LogP contribution in [0.5, 0.6) is 0 Å². The molecule has 0 spiro atoms. The SMILES string of the molecule is N#Cc1ccc(C(=O)NC2(C#N)CCCC2)[nH]1. The first kappa shape index (κ1) is 11.2. The van der Waals surface area contributed by atoms with E-state index < -0.39 is 5.54 Å². The highest BCUT2D eigenvalue weighted by atomic mass is 16.2. The van der Waals surface area contributed by atoms with Crippen molar-refractivity contribution in [2.24, 2.45) is 0 Å². The quantitative estimate of drug-likeness (QED) is 0.802. The molecule has 0 bridgehead atoms. The first-order valence-electron chi connectivity index (χ1n) is 5.52. The fourth-order valence-electron chi connectivity index (χ4n) is 2.12. The van der Waals surface area contributed by atoms with Crippen LogP contribution in [0.3, 0.4) is 0 Å². The minimum atomic E-state index is -0.727. The summed E-state index contributed by atoms with van der Waals surface area (Å²) < 4.78 is 0. The van der Waals surface area contributed by atoms with E-state index in [9.17, 15) is 4.79 Å². The van der Waals surface area contributed by atoms with Gasteiger partial charge in [0.25, 0.3) is 5.91 Å². The Morgan fingerprint density at radius 2 is 2.06 bits per heavy atom. The largest absolute Gasteiger partial charge is 0.342 e. The maximum Gasteiger partial charge on any atom is 0.268 e. The molecule has 2 rings (SSSR count). The van der Waals surface area contributed by atoms with Crippen LogP contribution < -0.4 is 5.32 Å². The van der Waals surface area contributed by atoms with Gasteiger partial charge in [-0.05, 0) is 37.8 Å². The third kappa shape index (κ3) is 2.14. The number of rotatable bonds is 2.